The van der Waals surface area contributed by atoms with Crippen LogP contribution in [0.3, 0.4) is 0 Å². The average Bonchev–Trinajstić information content (AvgIpc) is 3.16. The van der Waals surface area contributed by atoms with Crippen LogP contribution in [0.2, 0.25) is 0 Å². The van der Waals surface area contributed by atoms with Gasteiger partial charge < -0.3 is 9.64 Å². The molecule has 0 unspecified atom stereocenters. The van der Waals surface area contributed by atoms with Crippen LogP contribution in [0.4, 0.5) is 0 Å². The topological polar surface area (TPSA) is 32.8 Å². The van der Waals surface area contributed by atoms with Gasteiger partial charge in [0, 0.05) is 24.5 Å². The van der Waals surface area contributed by atoms with Gasteiger partial charge in [-0.15, -0.1) is 11.3 Å². The van der Waals surface area contributed by atoms with Gasteiger partial charge in [0.1, 0.15) is 0 Å². The monoisotopic (exact) mass is 294 g/mol. The number of thiophene rings is 1. The lowest BCUT2D eigenvalue weighted by Crippen LogP contribution is -2.50. The van der Waals surface area contributed by atoms with Crippen molar-refractivity contribution in [2.24, 2.45) is 0 Å². The minimum atomic E-state index is 0.105. The molecule has 1 amide bonds. The van der Waals surface area contributed by atoms with Crippen LogP contribution in [-0.2, 0) is 16.0 Å². The normalized spacial score (nSPS) is 24.2. The molecule has 1 aromatic rings. The Morgan fingerprint density at radius 2 is 2.20 bits per heavy atom. The Kier molecular flexibility index (Phi) is 4.70. The number of rotatable bonds is 4. The number of morpholine rings is 1. The fourth-order valence-electron chi connectivity index (χ4n) is 3.08. The first-order chi connectivity index (χ1) is 9.84. The Morgan fingerprint density at radius 1 is 1.35 bits per heavy atom. The number of hydrogen-bond acceptors (Lipinski definition) is 4. The van der Waals surface area contributed by atoms with Gasteiger partial charge in [-0.3, -0.25) is 9.69 Å². The highest BCUT2D eigenvalue weighted by Crippen LogP contribution is 2.21. The predicted octanol–water partition coefficient (Wildman–Crippen LogP) is 1.61. The SMILES string of the molecule is O=C([C@@H]1CCCN1CCc1cccs1)N1CCOCC1. The number of ether oxygens (including phenoxy) is 1. The molecule has 0 saturated carbocycles. The molecule has 110 valence electrons. The molecule has 2 aliphatic heterocycles. The van der Waals surface area contributed by atoms with Crippen LogP contribution in [0.15, 0.2) is 17.5 Å². The second-order valence-corrected chi connectivity index (χ2v) is 6.49. The first-order valence-electron chi connectivity index (χ1n) is 7.47. The van der Waals surface area contributed by atoms with Crippen molar-refractivity contribution in [3.8, 4) is 0 Å². The van der Waals surface area contributed by atoms with E-state index >= 15 is 0 Å². The first-order valence-corrected chi connectivity index (χ1v) is 8.35. The van der Waals surface area contributed by atoms with Gasteiger partial charge in [-0.05, 0) is 37.3 Å². The zero-order chi connectivity index (χ0) is 13.8. The van der Waals surface area contributed by atoms with Crippen LogP contribution in [-0.4, -0.2) is 61.1 Å². The molecule has 1 atom stereocenters. The van der Waals surface area contributed by atoms with Crippen LogP contribution >= 0.6 is 11.3 Å². The molecule has 2 saturated heterocycles. The summed E-state index contributed by atoms with van der Waals surface area (Å²) in [5.74, 6) is 0.317. The average molecular weight is 294 g/mol. The number of likely N-dealkylation sites (tertiary alicyclic amines) is 1. The number of nitrogens with zero attached hydrogens (tertiary/aromatic N) is 2. The Labute approximate surface area is 124 Å². The fourth-order valence-corrected chi connectivity index (χ4v) is 3.77. The highest BCUT2D eigenvalue weighted by molar-refractivity contribution is 7.09. The molecule has 3 heterocycles. The highest BCUT2D eigenvalue weighted by atomic mass is 32.1. The van der Waals surface area contributed by atoms with Crippen LogP contribution in [0.25, 0.3) is 0 Å². The quantitative estimate of drug-likeness (QED) is 0.846. The lowest BCUT2D eigenvalue weighted by molar-refractivity contribution is -0.140. The Morgan fingerprint density at radius 3 is 2.95 bits per heavy atom. The molecule has 1 aromatic heterocycles. The number of carbonyl (C=O) groups is 1. The maximum Gasteiger partial charge on any atom is 0.240 e. The second kappa shape index (κ2) is 6.70. The van der Waals surface area contributed by atoms with E-state index in [4.69, 9.17) is 4.74 Å². The van der Waals surface area contributed by atoms with E-state index in [1.807, 2.05) is 4.90 Å². The maximum atomic E-state index is 12.6. The fraction of sp³-hybridized carbons (Fsp3) is 0.667. The number of hydrogen-bond donors (Lipinski definition) is 0. The van der Waals surface area contributed by atoms with Crippen molar-refractivity contribution >= 4 is 17.2 Å². The largest absolute Gasteiger partial charge is 0.378 e. The second-order valence-electron chi connectivity index (χ2n) is 5.46. The zero-order valence-corrected chi connectivity index (χ0v) is 12.6. The smallest absolute Gasteiger partial charge is 0.240 e. The first kappa shape index (κ1) is 14.0. The van der Waals surface area contributed by atoms with Crippen molar-refractivity contribution in [3.63, 3.8) is 0 Å². The molecule has 0 N–H and O–H groups in total. The maximum absolute atomic E-state index is 12.6. The third-order valence-electron chi connectivity index (χ3n) is 4.20. The van der Waals surface area contributed by atoms with Crippen molar-refractivity contribution in [3.05, 3.63) is 22.4 Å². The van der Waals surface area contributed by atoms with E-state index in [0.717, 1.165) is 45.4 Å². The molecular formula is C15H22N2O2S. The van der Waals surface area contributed by atoms with Crippen LogP contribution in [0.5, 0.6) is 0 Å². The van der Waals surface area contributed by atoms with Crippen LogP contribution in [0, 0.1) is 0 Å². The summed E-state index contributed by atoms with van der Waals surface area (Å²) in [4.78, 5) is 18.4. The summed E-state index contributed by atoms with van der Waals surface area (Å²) in [7, 11) is 0. The van der Waals surface area contributed by atoms with Gasteiger partial charge >= 0.3 is 0 Å². The van der Waals surface area contributed by atoms with Gasteiger partial charge in [0.05, 0.1) is 19.3 Å². The van der Waals surface area contributed by atoms with Crippen molar-refractivity contribution in [1.82, 2.24) is 9.80 Å². The van der Waals surface area contributed by atoms with E-state index in [-0.39, 0.29) is 6.04 Å². The Hall–Kier alpha value is -0.910. The van der Waals surface area contributed by atoms with E-state index in [0.29, 0.717) is 19.1 Å². The van der Waals surface area contributed by atoms with Gasteiger partial charge in [-0.2, -0.15) is 0 Å². The van der Waals surface area contributed by atoms with Crippen LogP contribution in [0.1, 0.15) is 17.7 Å². The summed E-state index contributed by atoms with van der Waals surface area (Å²) in [5, 5.41) is 2.12. The lowest BCUT2D eigenvalue weighted by Gasteiger charge is -2.32. The van der Waals surface area contributed by atoms with E-state index in [2.05, 4.69) is 22.4 Å². The van der Waals surface area contributed by atoms with E-state index < -0.39 is 0 Å². The molecular weight excluding hydrogens is 272 g/mol. The van der Waals surface area contributed by atoms with Crippen LogP contribution < -0.4 is 0 Å². The summed E-state index contributed by atoms with van der Waals surface area (Å²) in [6.45, 7) is 4.96. The summed E-state index contributed by atoms with van der Waals surface area (Å²) in [6.07, 6.45) is 3.22. The molecule has 0 spiro atoms. The predicted molar refractivity (Wildman–Crippen MR) is 80.0 cm³/mol. The van der Waals surface area contributed by atoms with Gasteiger partial charge in [0.25, 0.3) is 0 Å². The van der Waals surface area contributed by atoms with E-state index in [1.54, 1.807) is 11.3 Å². The molecule has 0 aliphatic carbocycles. The Bertz CT molecular complexity index is 429. The number of amides is 1. The molecule has 4 nitrogen and oxygen atoms in total. The molecule has 0 bridgehead atoms. The molecule has 2 fully saturated rings. The summed E-state index contributed by atoms with van der Waals surface area (Å²) >= 11 is 1.81. The summed E-state index contributed by atoms with van der Waals surface area (Å²) in [6, 6.07) is 4.38. The van der Waals surface area contributed by atoms with E-state index in [9.17, 15) is 4.79 Å². The van der Waals surface area contributed by atoms with Gasteiger partial charge in [0.15, 0.2) is 0 Å². The van der Waals surface area contributed by atoms with Crippen molar-refractivity contribution in [2.75, 3.05) is 39.4 Å². The van der Waals surface area contributed by atoms with Gasteiger partial charge in [-0.1, -0.05) is 6.07 Å². The minimum absolute atomic E-state index is 0.105. The zero-order valence-electron chi connectivity index (χ0n) is 11.8. The molecule has 20 heavy (non-hydrogen) atoms. The summed E-state index contributed by atoms with van der Waals surface area (Å²) in [5.41, 5.74) is 0. The third kappa shape index (κ3) is 3.22. The highest BCUT2D eigenvalue weighted by Gasteiger charge is 2.33. The minimum Gasteiger partial charge on any atom is -0.378 e. The van der Waals surface area contributed by atoms with Crippen molar-refractivity contribution < 1.29 is 9.53 Å². The lowest BCUT2D eigenvalue weighted by atomic mass is 10.1. The molecule has 5 heteroatoms. The molecule has 2 aliphatic rings. The van der Waals surface area contributed by atoms with Gasteiger partial charge in [-0.25, -0.2) is 0 Å². The van der Waals surface area contributed by atoms with E-state index in [1.165, 1.54) is 4.88 Å². The Balaban J connectivity index is 1.55. The number of carbonyl (C=O) groups excluding carboxylic acids is 1. The molecule has 0 aromatic carbocycles. The van der Waals surface area contributed by atoms with Crippen molar-refractivity contribution in [2.45, 2.75) is 25.3 Å². The molecule has 3 rings (SSSR count). The van der Waals surface area contributed by atoms with Crippen molar-refractivity contribution in [1.29, 1.82) is 0 Å². The standard InChI is InChI=1S/C15H22N2O2S/c18-15(17-8-10-19-11-9-17)14-4-1-6-16(14)7-5-13-3-2-12-20-13/h2-3,12,14H,1,4-11H2/t14-/m0/s1. The molecule has 0 radical (unpaired) electrons. The third-order valence-corrected chi connectivity index (χ3v) is 5.13. The van der Waals surface area contributed by atoms with Gasteiger partial charge in [0.2, 0.25) is 5.91 Å². The summed E-state index contributed by atoms with van der Waals surface area (Å²) < 4.78 is 5.33.